The number of anilines is 2. The molecule has 0 fully saturated rings. The maximum atomic E-state index is 6.04. The number of nitrogens with zero attached hydrogens (tertiary/aromatic N) is 1. The third-order valence-corrected chi connectivity index (χ3v) is 3.62. The minimum Gasteiger partial charge on any atom is -0.340 e. The predicted molar refractivity (Wildman–Crippen MR) is 88.8 cm³/mol. The highest BCUT2D eigenvalue weighted by Crippen LogP contribution is 2.27. The zero-order valence-electron chi connectivity index (χ0n) is 12.3. The van der Waals surface area contributed by atoms with Gasteiger partial charge in [0, 0.05) is 17.1 Å². The highest BCUT2D eigenvalue weighted by Gasteiger charge is 2.09. The van der Waals surface area contributed by atoms with Crippen molar-refractivity contribution in [1.29, 1.82) is 0 Å². The second kappa shape index (κ2) is 5.54. The van der Waals surface area contributed by atoms with Crippen molar-refractivity contribution in [2.75, 3.05) is 5.32 Å². The molecular formula is C18H19N3. The molecule has 0 aliphatic heterocycles. The van der Waals surface area contributed by atoms with Crippen LogP contribution in [0.15, 0.2) is 54.6 Å². The Hall–Kier alpha value is -2.39. The SMILES string of the molecule is Cc1cc2ccccc2nc1Nc1ccccc1C(C)N. The molecule has 1 unspecified atom stereocenters. The molecule has 0 aliphatic rings. The van der Waals surface area contributed by atoms with E-state index in [2.05, 4.69) is 24.4 Å². The van der Waals surface area contributed by atoms with Crippen molar-refractivity contribution >= 4 is 22.4 Å². The summed E-state index contributed by atoms with van der Waals surface area (Å²) in [4.78, 5) is 4.72. The van der Waals surface area contributed by atoms with E-state index < -0.39 is 0 Å². The van der Waals surface area contributed by atoms with Gasteiger partial charge in [-0.15, -0.1) is 0 Å². The van der Waals surface area contributed by atoms with E-state index in [1.807, 2.05) is 49.4 Å². The minimum atomic E-state index is -0.0190. The number of fused-ring (bicyclic) bond motifs is 1. The third kappa shape index (κ3) is 2.73. The van der Waals surface area contributed by atoms with Crippen molar-refractivity contribution in [2.24, 2.45) is 5.73 Å². The summed E-state index contributed by atoms with van der Waals surface area (Å²) in [5.41, 5.74) is 10.2. The second-order valence-corrected chi connectivity index (χ2v) is 5.35. The number of aryl methyl sites for hydroxylation is 1. The van der Waals surface area contributed by atoms with E-state index in [-0.39, 0.29) is 6.04 Å². The van der Waals surface area contributed by atoms with E-state index in [0.29, 0.717) is 0 Å². The number of hydrogen-bond acceptors (Lipinski definition) is 3. The highest BCUT2D eigenvalue weighted by atomic mass is 15.0. The summed E-state index contributed by atoms with van der Waals surface area (Å²) in [5, 5.41) is 4.58. The number of hydrogen-bond donors (Lipinski definition) is 2. The van der Waals surface area contributed by atoms with E-state index in [1.54, 1.807) is 0 Å². The van der Waals surface area contributed by atoms with Gasteiger partial charge in [-0.3, -0.25) is 0 Å². The molecule has 0 spiro atoms. The normalized spacial score (nSPS) is 12.3. The van der Waals surface area contributed by atoms with Crippen LogP contribution in [0.4, 0.5) is 11.5 Å². The predicted octanol–water partition coefficient (Wildman–Crippen LogP) is 4.31. The Morgan fingerprint density at radius 3 is 2.57 bits per heavy atom. The molecule has 0 saturated carbocycles. The van der Waals surface area contributed by atoms with E-state index in [0.717, 1.165) is 33.5 Å². The minimum absolute atomic E-state index is 0.0190. The van der Waals surface area contributed by atoms with E-state index in [4.69, 9.17) is 10.7 Å². The molecule has 21 heavy (non-hydrogen) atoms. The molecule has 1 atom stereocenters. The summed E-state index contributed by atoms with van der Waals surface area (Å²) >= 11 is 0. The quantitative estimate of drug-likeness (QED) is 0.750. The van der Waals surface area contributed by atoms with Crippen LogP contribution in [0.2, 0.25) is 0 Å². The topological polar surface area (TPSA) is 50.9 Å². The summed E-state index contributed by atoms with van der Waals surface area (Å²) in [6.45, 7) is 4.05. The number of benzene rings is 2. The molecule has 3 rings (SSSR count). The van der Waals surface area contributed by atoms with Crippen LogP contribution in [0.25, 0.3) is 10.9 Å². The number of pyridine rings is 1. The molecule has 3 nitrogen and oxygen atoms in total. The van der Waals surface area contributed by atoms with Crippen LogP contribution < -0.4 is 11.1 Å². The fourth-order valence-corrected chi connectivity index (χ4v) is 2.48. The molecule has 1 heterocycles. The number of nitrogens with two attached hydrogens (primary N) is 1. The zero-order valence-corrected chi connectivity index (χ0v) is 12.3. The van der Waals surface area contributed by atoms with E-state index in [1.165, 1.54) is 0 Å². The van der Waals surface area contributed by atoms with Crippen LogP contribution in [0.5, 0.6) is 0 Å². The Morgan fingerprint density at radius 2 is 1.76 bits per heavy atom. The van der Waals surface area contributed by atoms with Crippen molar-refractivity contribution in [1.82, 2.24) is 4.98 Å². The number of rotatable bonds is 3. The number of aromatic nitrogens is 1. The Morgan fingerprint density at radius 1 is 1.05 bits per heavy atom. The Balaban J connectivity index is 2.04. The molecule has 0 amide bonds. The third-order valence-electron chi connectivity index (χ3n) is 3.62. The summed E-state index contributed by atoms with van der Waals surface area (Å²) < 4.78 is 0. The van der Waals surface area contributed by atoms with Crippen molar-refractivity contribution in [3.63, 3.8) is 0 Å². The van der Waals surface area contributed by atoms with Crippen LogP contribution in [-0.2, 0) is 0 Å². The second-order valence-electron chi connectivity index (χ2n) is 5.35. The first kappa shape index (κ1) is 13.6. The summed E-state index contributed by atoms with van der Waals surface area (Å²) in [6.07, 6.45) is 0. The molecular weight excluding hydrogens is 258 g/mol. The average molecular weight is 277 g/mol. The molecule has 3 N–H and O–H groups in total. The Bertz CT molecular complexity index is 778. The van der Waals surface area contributed by atoms with Crippen molar-refractivity contribution in [3.8, 4) is 0 Å². The molecule has 3 aromatic rings. The van der Waals surface area contributed by atoms with Gasteiger partial charge in [0.25, 0.3) is 0 Å². The first-order valence-electron chi connectivity index (χ1n) is 7.13. The molecule has 106 valence electrons. The van der Waals surface area contributed by atoms with E-state index in [9.17, 15) is 0 Å². The lowest BCUT2D eigenvalue weighted by Gasteiger charge is -2.15. The van der Waals surface area contributed by atoms with Gasteiger partial charge in [0.2, 0.25) is 0 Å². The first-order chi connectivity index (χ1) is 10.1. The highest BCUT2D eigenvalue weighted by molar-refractivity contribution is 5.82. The van der Waals surface area contributed by atoms with Crippen LogP contribution in [-0.4, -0.2) is 4.98 Å². The number of para-hydroxylation sites is 2. The van der Waals surface area contributed by atoms with Crippen LogP contribution in [0, 0.1) is 6.92 Å². The fraction of sp³-hybridized carbons (Fsp3) is 0.167. The first-order valence-corrected chi connectivity index (χ1v) is 7.13. The maximum Gasteiger partial charge on any atom is 0.134 e. The van der Waals surface area contributed by atoms with Crippen molar-refractivity contribution in [2.45, 2.75) is 19.9 Å². The zero-order chi connectivity index (χ0) is 14.8. The molecule has 0 bridgehead atoms. The lowest BCUT2D eigenvalue weighted by Crippen LogP contribution is -2.08. The van der Waals surface area contributed by atoms with Gasteiger partial charge in [-0.2, -0.15) is 0 Å². The van der Waals surface area contributed by atoms with Gasteiger partial charge in [-0.25, -0.2) is 4.98 Å². The fourth-order valence-electron chi connectivity index (χ4n) is 2.48. The summed E-state index contributed by atoms with van der Waals surface area (Å²) in [7, 11) is 0. The maximum absolute atomic E-state index is 6.04. The van der Waals surface area contributed by atoms with Gasteiger partial charge >= 0.3 is 0 Å². The molecule has 3 heteroatoms. The lowest BCUT2D eigenvalue weighted by molar-refractivity contribution is 0.820. The van der Waals surface area contributed by atoms with Crippen molar-refractivity contribution < 1.29 is 0 Å². The van der Waals surface area contributed by atoms with Gasteiger partial charge in [0.15, 0.2) is 0 Å². The van der Waals surface area contributed by atoms with Gasteiger partial charge < -0.3 is 11.1 Å². The molecule has 2 aromatic carbocycles. The van der Waals surface area contributed by atoms with Gasteiger partial charge in [0.1, 0.15) is 5.82 Å². The molecule has 0 saturated heterocycles. The summed E-state index contributed by atoms with van der Waals surface area (Å²) in [6, 6.07) is 18.4. The van der Waals surface area contributed by atoms with Crippen molar-refractivity contribution in [3.05, 3.63) is 65.7 Å². The van der Waals surface area contributed by atoms with Gasteiger partial charge in [-0.1, -0.05) is 36.4 Å². The van der Waals surface area contributed by atoms with Crippen LogP contribution in [0.1, 0.15) is 24.1 Å². The van der Waals surface area contributed by atoms with Gasteiger partial charge in [-0.05, 0) is 43.2 Å². The lowest BCUT2D eigenvalue weighted by atomic mass is 10.1. The monoisotopic (exact) mass is 277 g/mol. The van der Waals surface area contributed by atoms with Crippen LogP contribution >= 0.6 is 0 Å². The standard InChI is InChI=1S/C18H19N3/c1-12-11-14-7-3-5-9-16(14)20-18(12)21-17-10-6-4-8-15(17)13(2)19/h3-11,13H,19H2,1-2H3,(H,20,21). The molecule has 0 radical (unpaired) electrons. The molecule has 0 aliphatic carbocycles. The smallest absolute Gasteiger partial charge is 0.134 e. The summed E-state index contributed by atoms with van der Waals surface area (Å²) in [5.74, 6) is 0.877. The average Bonchev–Trinajstić information content (AvgIpc) is 2.48. The van der Waals surface area contributed by atoms with E-state index >= 15 is 0 Å². The Kier molecular flexibility index (Phi) is 3.59. The largest absolute Gasteiger partial charge is 0.340 e. The van der Waals surface area contributed by atoms with Gasteiger partial charge in [0.05, 0.1) is 5.52 Å². The molecule has 1 aromatic heterocycles. The number of nitrogens with one attached hydrogen (secondary N) is 1. The Labute approximate surface area is 124 Å². The van der Waals surface area contributed by atoms with Crippen LogP contribution in [0.3, 0.4) is 0 Å².